The van der Waals surface area contributed by atoms with Crippen LogP contribution in [0.25, 0.3) is 0 Å². The molecule has 2 heterocycles. The van der Waals surface area contributed by atoms with Crippen molar-refractivity contribution in [2.24, 2.45) is 5.92 Å². The Labute approximate surface area is 136 Å². The fourth-order valence-corrected chi connectivity index (χ4v) is 3.12. The molecule has 2 unspecified atom stereocenters. The Morgan fingerprint density at radius 3 is 2.73 bits per heavy atom. The van der Waals surface area contributed by atoms with Gasteiger partial charge in [-0.05, 0) is 18.1 Å². The Bertz CT molecular complexity index is 740. The standard InChI is InChI=1S/C15H12ClN3O2S/c1-10-7-8-19(21-11-5-3-2-4-6-11)12(9-20)13(10)14-15(16)18-22-17-14/h2-8,10,13H,1H3. The zero-order chi connectivity index (χ0) is 15.5. The zero-order valence-corrected chi connectivity index (χ0v) is 13.2. The highest BCUT2D eigenvalue weighted by atomic mass is 35.5. The molecule has 3 rings (SSSR count). The van der Waals surface area contributed by atoms with Gasteiger partial charge in [-0.25, -0.2) is 4.79 Å². The largest absolute Gasteiger partial charge is 0.375 e. The van der Waals surface area contributed by atoms with Crippen molar-refractivity contribution < 1.29 is 9.63 Å². The second-order valence-corrected chi connectivity index (χ2v) is 5.72. The lowest BCUT2D eigenvalue weighted by Crippen LogP contribution is -2.32. The Hall–Kier alpha value is -2.14. The van der Waals surface area contributed by atoms with Crippen molar-refractivity contribution in [3.8, 4) is 5.75 Å². The molecule has 0 N–H and O–H groups in total. The van der Waals surface area contributed by atoms with Crippen LogP contribution in [-0.4, -0.2) is 19.8 Å². The summed E-state index contributed by atoms with van der Waals surface area (Å²) in [4.78, 5) is 17.3. The molecular weight excluding hydrogens is 322 g/mol. The summed E-state index contributed by atoms with van der Waals surface area (Å²) >= 11 is 7.10. The highest BCUT2D eigenvalue weighted by molar-refractivity contribution is 6.99. The molecular formula is C15H12ClN3O2S. The summed E-state index contributed by atoms with van der Waals surface area (Å²) in [7, 11) is 0. The number of hydrogen-bond donors (Lipinski definition) is 0. The number of nitrogens with zero attached hydrogens (tertiary/aromatic N) is 3. The van der Waals surface area contributed by atoms with Crippen LogP contribution in [0.4, 0.5) is 0 Å². The van der Waals surface area contributed by atoms with Gasteiger partial charge in [-0.2, -0.15) is 13.8 Å². The third-order valence-electron chi connectivity index (χ3n) is 3.40. The second-order valence-electron chi connectivity index (χ2n) is 4.84. The lowest BCUT2D eigenvalue weighted by Gasteiger charge is -2.32. The molecule has 0 saturated carbocycles. The molecule has 0 aliphatic carbocycles. The molecule has 7 heteroatoms. The van der Waals surface area contributed by atoms with Gasteiger partial charge in [-0.3, -0.25) is 0 Å². The number of aromatic nitrogens is 2. The summed E-state index contributed by atoms with van der Waals surface area (Å²) in [6.45, 7) is 1.98. The van der Waals surface area contributed by atoms with Gasteiger partial charge in [0.1, 0.15) is 11.6 Å². The van der Waals surface area contributed by atoms with Gasteiger partial charge < -0.3 is 4.84 Å². The van der Waals surface area contributed by atoms with E-state index in [-0.39, 0.29) is 11.8 Å². The van der Waals surface area contributed by atoms with Crippen LogP contribution in [0, 0.1) is 5.92 Å². The number of halogens is 1. The van der Waals surface area contributed by atoms with Crippen LogP contribution in [0.5, 0.6) is 5.75 Å². The Kier molecular flexibility index (Phi) is 4.24. The smallest absolute Gasteiger partial charge is 0.166 e. The van der Waals surface area contributed by atoms with Gasteiger partial charge in [-0.1, -0.05) is 42.8 Å². The fourth-order valence-electron chi connectivity index (χ4n) is 2.32. The molecule has 1 aliphatic heterocycles. The molecule has 112 valence electrons. The van der Waals surface area contributed by atoms with E-state index < -0.39 is 0 Å². The van der Waals surface area contributed by atoms with Crippen LogP contribution in [0.2, 0.25) is 5.15 Å². The van der Waals surface area contributed by atoms with Gasteiger partial charge in [0.15, 0.2) is 16.6 Å². The lowest BCUT2D eigenvalue weighted by molar-refractivity contribution is 0.0167. The first-order chi connectivity index (χ1) is 10.7. The average molecular weight is 334 g/mol. The first-order valence-electron chi connectivity index (χ1n) is 6.64. The molecule has 2 aromatic rings. The summed E-state index contributed by atoms with van der Waals surface area (Å²) in [6.07, 6.45) is 3.65. The maximum absolute atomic E-state index is 11.5. The van der Waals surface area contributed by atoms with Crippen LogP contribution < -0.4 is 4.84 Å². The molecule has 1 aliphatic rings. The van der Waals surface area contributed by atoms with E-state index in [9.17, 15) is 4.79 Å². The SMILES string of the molecule is CC1C=CN(Oc2ccccc2)C(=C=O)C1c1nsnc1Cl. The Morgan fingerprint density at radius 2 is 2.09 bits per heavy atom. The molecule has 0 saturated heterocycles. The maximum Gasteiger partial charge on any atom is 0.166 e. The average Bonchev–Trinajstić information content (AvgIpc) is 2.95. The van der Waals surface area contributed by atoms with E-state index >= 15 is 0 Å². The van der Waals surface area contributed by atoms with E-state index in [4.69, 9.17) is 16.4 Å². The first kappa shape index (κ1) is 14.8. The molecule has 5 nitrogen and oxygen atoms in total. The molecule has 22 heavy (non-hydrogen) atoms. The molecule has 0 radical (unpaired) electrons. The van der Waals surface area contributed by atoms with Crippen molar-refractivity contribution in [2.75, 3.05) is 0 Å². The molecule has 1 aromatic heterocycles. The summed E-state index contributed by atoms with van der Waals surface area (Å²) in [6, 6.07) is 9.21. The number of hydroxylamine groups is 2. The predicted molar refractivity (Wildman–Crippen MR) is 84.1 cm³/mol. The molecule has 1 aromatic carbocycles. The van der Waals surface area contributed by atoms with Crippen molar-refractivity contribution in [2.45, 2.75) is 12.8 Å². The molecule has 0 bridgehead atoms. The number of para-hydroxylation sites is 1. The van der Waals surface area contributed by atoms with Crippen molar-refractivity contribution in [3.05, 3.63) is 59.2 Å². The van der Waals surface area contributed by atoms with Crippen molar-refractivity contribution in [1.82, 2.24) is 13.8 Å². The summed E-state index contributed by atoms with van der Waals surface area (Å²) in [5, 5.41) is 1.72. The lowest BCUT2D eigenvalue weighted by atomic mass is 9.86. The molecule has 0 spiro atoms. The monoisotopic (exact) mass is 333 g/mol. The minimum atomic E-state index is -0.336. The van der Waals surface area contributed by atoms with Crippen molar-refractivity contribution in [3.63, 3.8) is 0 Å². The van der Waals surface area contributed by atoms with Gasteiger partial charge in [-0.15, -0.1) is 0 Å². The summed E-state index contributed by atoms with van der Waals surface area (Å²) in [5.74, 6) is 2.29. The van der Waals surface area contributed by atoms with E-state index in [1.165, 1.54) is 5.06 Å². The number of allylic oxidation sites excluding steroid dienone is 2. The molecule has 0 fully saturated rings. The van der Waals surface area contributed by atoms with Crippen LogP contribution in [0.1, 0.15) is 18.5 Å². The van der Waals surface area contributed by atoms with Crippen molar-refractivity contribution in [1.29, 1.82) is 0 Å². The topological polar surface area (TPSA) is 55.3 Å². The van der Waals surface area contributed by atoms with Gasteiger partial charge in [0.2, 0.25) is 0 Å². The maximum atomic E-state index is 11.5. The van der Waals surface area contributed by atoms with Crippen molar-refractivity contribution >= 4 is 29.3 Å². The third kappa shape index (κ3) is 2.76. The van der Waals surface area contributed by atoms with E-state index in [0.29, 0.717) is 22.3 Å². The second kappa shape index (κ2) is 6.32. The third-order valence-corrected chi connectivity index (χ3v) is 4.32. The van der Waals surface area contributed by atoms with Crippen LogP contribution in [0.15, 0.2) is 48.3 Å². The Balaban J connectivity index is 1.95. The zero-order valence-electron chi connectivity index (χ0n) is 11.6. The van der Waals surface area contributed by atoms with E-state index in [1.807, 2.05) is 37.1 Å². The van der Waals surface area contributed by atoms with Crippen LogP contribution in [-0.2, 0) is 4.79 Å². The number of carbonyl (C=O) groups excluding carboxylic acids is 1. The number of benzene rings is 1. The minimum Gasteiger partial charge on any atom is -0.375 e. The number of hydrogen-bond acceptors (Lipinski definition) is 6. The van der Waals surface area contributed by atoms with Gasteiger partial charge in [0.25, 0.3) is 0 Å². The highest BCUT2D eigenvalue weighted by Gasteiger charge is 2.35. The number of rotatable bonds is 3. The van der Waals surface area contributed by atoms with E-state index in [2.05, 4.69) is 8.75 Å². The Morgan fingerprint density at radius 1 is 1.32 bits per heavy atom. The summed E-state index contributed by atoms with van der Waals surface area (Å²) in [5.41, 5.74) is 0.900. The first-order valence-corrected chi connectivity index (χ1v) is 7.75. The van der Waals surface area contributed by atoms with Gasteiger partial charge in [0.05, 0.1) is 17.6 Å². The van der Waals surface area contributed by atoms with Gasteiger partial charge in [0, 0.05) is 6.20 Å². The molecule has 0 amide bonds. The summed E-state index contributed by atoms with van der Waals surface area (Å²) < 4.78 is 8.19. The fraction of sp³-hybridized carbons (Fsp3) is 0.200. The van der Waals surface area contributed by atoms with E-state index in [1.54, 1.807) is 18.3 Å². The van der Waals surface area contributed by atoms with Gasteiger partial charge >= 0.3 is 0 Å². The highest BCUT2D eigenvalue weighted by Crippen LogP contribution is 2.39. The normalized spacial score (nSPS) is 20.8. The minimum absolute atomic E-state index is 0.0356. The predicted octanol–water partition coefficient (Wildman–Crippen LogP) is 3.45. The van der Waals surface area contributed by atoms with Crippen LogP contribution in [0.3, 0.4) is 0 Å². The van der Waals surface area contributed by atoms with E-state index in [0.717, 1.165) is 11.7 Å². The molecule has 2 atom stereocenters. The quantitative estimate of drug-likeness (QED) is 0.805. The van der Waals surface area contributed by atoms with Crippen LogP contribution >= 0.6 is 23.3 Å².